The van der Waals surface area contributed by atoms with Gasteiger partial charge in [-0.25, -0.2) is 17.6 Å². The molecular formula is C27H29Cl2F4N5O2. The molecule has 0 spiro atoms. The van der Waals surface area contributed by atoms with Gasteiger partial charge in [0, 0.05) is 45.0 Å². The number of amides is 2. The van der Waals surface area contributed by atoms with Gasteiger partial charge in [-0.15, -0.1) is 24.8 Å². The number of nitrogens with one attached hydrogen (secondary N) is 1. The minimum absolute atomic E-state index is 0. The predicted molar refractivity (Wildman–Crippen MR) is 150 cm³/mol. The fourth-order valence-corrected chi connectivity index (χ4v) is 4.70. The fraction of sp³-hybridized carbons (Fsp3) is 0.296. The Bertz CT molecular complexity index is 1380. The second-order valence-corrected chi connectivity index (χ2v) is 9.65. The first-order chi connectivity index (χ1) is 18.0. The molecule has 0 radical (unpaired) electrons. The Morgan fingerprint density at radius 3 is 2.25 bits per heavy atom. The number of hydrogen-bond donors (Lipinski definition) is 2. The molecule has 0 aliphatic carbocycles. The first-order valence-corrected chi connectivity index (χ1v) is 11.9. The molecule has 2 heterocycles. The molecule has 4 rings (SSSR count). The Morgan fingerprint density at radius 2 is 1.65 bits per heavy atom. The lowest BCUT2D eigenvalue weighted by molar-refractivity contribution is 0.0826. The van der Waals surface area contributed by atoms with Crippen LogP contribution in [0.4, 0.5) is 28.9 Å². The molecule has 0 bridgehead atoms. The van der Waals surface area contributed by atoms with E-state index in [-0.39, 0.29) is 42.1 Å². The number of carbonyl (C=O) groups is 2. The van der Waals surface area contributed by atoms with E-state index in [1.807, 2.05) is 4.90 Å². The van der Waals surface area contributed by atoms with E-state index in [1.165, 1.54) is 20.3 Å². The number of pyridine rings is 1. The van der Waals surface area contributed by atoms with E-state index in [0.717, 1.165) is 23.5 Å². The van der Waals surface area contributed by atoms with Gasteiger partial charge < -0.3 is 20.9 Å². The van der Waals surface area contributed by atoms with Crippen molar-refractivity contribution in [3.8, 4) is 11.1 Å². The molecule has 2 amide bonds. The SMILES string of the molecule is C[C@@H]1C[C@H](N)CN(c2ccncc2NC(=O)c2ccc(F)c(-c3c(F)cc(C(=O)N(C)C)cc3F)c2F)C1.Cl.Cl. The summed E-state index contributed by atoms with van der Waals surface area (Å²) in [7, 11) is 2.78. The standard InChI is InChI=1S/C27H27F4N5O2.2ClH/c1-14-8-16(32)13-36(12-14)22-6-7-33-11-21(22)34-26(37)17-4-5-18(28)24(25(17)31)23-19(29)9-15(10-20(23)30)27(38)35(2)3;;/h4-7,9-11,14,16H,8,12-13,32H2,1-3H3,(H,34,37);2*1H/t14-,16+;;/m1../s1. The molecule has 40 heavy (non-hydrogen) atoms. The summed E-state index contributed by atoms with van der Waals surface area (Å²) in [6.07, 6.45) is 3.78. The smallest absolute Gasteiger partial charge is 0.258 e. The van der Waals surface area contributed by atoms with Crippen molar-refractivity contribution >= 4 is 48.0 Å². The first kappa shape index (κ1) is 32.8. The lowest BCUT2D eigenvalue weighted by Gasteiger charge is -2.37. The van der Waals surface area contributed by atoms with Crippen molar-refractivity contribution in [3.63, 3.8) is 0 Å². The second kappa shape index (κ2) is 13.3. The Morgan fingerprint density at radius 1 is 1.00 bits per heavy atom. The van der Waals surface area contributed by atoms with Crippen LogP contribution in [0.2, 0.25) is 0 Å². The minimum Gasteiger partial charge on any atom is -0.368 e. The van der Waals surface area contributed by atoms with Crippen molar-refractivity contribution in [2.45, 2.75) is 19.4 Å². The number of halogens is 6. The van der Waals surface area contributed by atoms with Gasteiger partial charge in [0.25, 0.3) is 11.8 Å². The van der Waals surface area contributed by atoms with Crippen LogP contribution >= 0.6 is 24.8 Å². The van der Waals surface area contributed by atoms with E-state index in [4.69, 9.17) is 5.73 Å². The number of nitrogens with zero attached hydrogens (tertiary/aromatic N) is 3. The van der Waals surface area contributed by atoms with Crippen LogP contribution in [0.3, 0.4) is 0 Å². The number of carbonyl (C=O) groups excluding carboxylic acids is 2. The number of nitrogens with two attached hydrogens (primary N) is 1. The average Bonchev–Trinajstić information content (AvgIpc) is 2.84. The van der Waals surface area contributed by atoms with Crippen LogP contribution in [0.15, 0.2) is 42.7 Å². The van der Waals surface area contributed by atoms with Crippen LogP contribution in [0.5, 0.6) is 0 Å². The molecule has 3 aromatic rings. The third-order valence-corrected chi connectivity index (χ3v) is 6.36. The molecule has 2 atom stereocenters. The van der Waals surface area contributed by atoms with Crippen LogP contribution in [0.1, 0.15) is 34.1 Å². The highest BCUT2D eigenvalue weighted by Crippen LogP contribution is 2.34. The van der Waals surface area contributed by atoms with Crippen molar-refractivity contribution in [3.05, 3.63) is 77.1 Å². The maximum absolute atomic E-state index is 15.5. The quantitative estimate of drug-likeness (QED) is 0.388. The molecule has 1 fully saturated rings. The van der Waals surface area contributed by atoms with E-state index in [2.05, 4.69) is 17.2 Å². The van der Waals surface area contributed by atoms with Gasteiger partial charge in [-0.1, -0.05) is 6.92 Å². The fourth-order valence-electron chi connectivity index (χ4n) is 4.70. The summed E-state index contributed by atoms with van der Waals surface area (Å²) in [6.45, 7) is 3.28. The Labute approximate surface area is 241 Å². The maximum Gasteiger partial charge on any atom is 0.258 e. The van der Waals surface area contributed by atoms with E-state index in [1.54, 1.807) is 12.3 Å². The molecule has 7 nitrogen and oxygen atoms in total. The lowest BCUT2D eigenvalue weighted by Crippen LogP contribution is -2.46. The predicted octanol–water partition coefficient (Wildman–Crippen LogP) is 5.28. The van der Waals surface area contributed by atoms with Crippen LogP contribution in [0.25, 0.3) is 11.1 Å². The Balaban J connectivity index is 0.00000280. The van der Waals surface area contributed by atoms with E-state index >= 15 is 4.39 Å². The normalized spacial score (nSPS) is 16.4. The number of hydrogen-bond acceptors (Lipinski definition) is 5. The van der Waals surface area contributed by atoms with Gasteiger partial charge in [0.1, 0.15) is 23.3 Å². The number of piperidine rings is 1. The zero-order valence-electron chi connectivity index (χ0n) is 21.9. The summed E-state index contributed by atoms with van der Waals surface area (Å²) in [4.78, 5) is 32.3. The monoisotopic (exact) mass is 601 g/mol. The van der Waals surface area contributed by atoms with E-state index < -0.39 is 51.8 Å². The molecule has 0 saturated carbocycles. The van der Waals surface area contributed by atoms with Crippen LogP contribution in [0, 0.1) is 29.2 Å². The maximum atomic E-state index is 15.5. The molecule has 216 valence electrons. The first-order valence-electron chi connectivity index (χ1n) is 11.9. The van der Waals surface area contributed by atoms with E-state index in [0.29, 0.717) is 36.8 Å². The summed E-state index contributed by atoms with van der Waals surface area (Å²) >= 11 is 0. The number of rotatable bonds is 5. The van der Waals surface area contributed by atoms with Gasteiger partial charge in [-0.3, -0.25) is 14.6 Å². The van der Waals surface area contributed by atoms with Crippen molar-refractivity contribution in [1.82, 2.24) is 9.88 Å². The second-order valence-electron chi connectivity index (χ2n) is 9.65. The third-order valence-electron chi connectivity index (χ3n) is 6.36. The summed E-state index contributed by atoms with van der Waals surface area (Å²) in [5, 5.41) is 2.57. The number of aromatic nitrogens is 1. The Kier molecular flexibility index (Phi) is 10.9. The molecular weight excluding hydrogens is 573 g/mol. The largest absolute Gasteiger partial charge is 0.368 e. The summed E-state index contributed by atoms with van der Waals surface area (Å²) in [6, 6.07) is 4.64. The highest BCUT2D eigenvalue weighted by Gasteiger charge is 2.28. The van der Waals surface area contributed by atoms with Gasteiger partial charge in [-0.2, -0.15) is 0 Å². The van der Waals surface area contributed by atoms with Gasteiger partial charge in [-0.05, 0) is 42.7 Å². The van der Waals surface area contributed by atoms with Crippen LogP contribution in [-0.2, 0) is 0 Å². The topological polar surface area (TPSA) is 91.6 Å². The molecule has 3 N–H and O–H groups in total. The average molecular weight is 602 g/mol. The van der Waals surface area contributed by atoms with Gasteiger partial charge >= 0.3 is 0 Å². The minimum atomic E-state index is -1.45. The highest BCUT2D eigenvalue weighted by atomic mass is 35.5. The van der Waals surface area contributed by atoms with E-state index in [9.17, 15) is 22.8 Å². The van der Waals surface area contributed by atoms with Gasteiger partial charge in [0.2, 0.25) is 0 Å². The van der Waals surface area contributed by atoms with Crippen LogP contribution in [-0.4, -0.2) is 54.9 Å². The highest BCUT2D eigenvalue weighted by molar-refractivity contribution is 6.06. The summed E-state index contributed by atoms with van der Waals surface area (Å²) < 4.78 is 60.1. The zero-order valence-corrected chi connectivity index (χ0v) is 23.5. The molecule has 13 heteroatoms. The number of anilines is 2. The van der Waals surface area contributed by atoms with Crippen molar-refractivity contribution in [2.24, 2.45) is 11.7 Å². The van der Waals surface area contributed by atoms with Crippen molar-refractivity contribution in [2.75, 3.05) is 37.4 Å². The molecule has 1 saturated heterocycles. The number of benzene rings is 2. The Hall–Kier alpha value is -3.41. The zero-order chi connectivity index (χ0) is 27.7. The molecule has 1 aliphatic rings. The lowest BCUT2D eigenvalue weighted by atomic mass is 9.96. The van der Waals surface area contributed by atoms with Crippen molar-refractivity contribution in [1.29, 1.82) is 0 Å². The molecule has 2 aromatic carbocycles. The molecule has 0 unspecified atom stereocenters. The van der Waals surface area contributed by atoms with Crippen molar-refractivity contribution < 1.29 is 27.2 Å². The van der Waals surface area contributed by atoms with Gasteiger partial charge in [0.15, 0.2) is 0 Å². The third kappa shape index (κ3) is 6.65. The van der Waals surface area contributed by atoms with Crippen LogP contribution < -0.4 is 16.0 Å². The summed E-state index contributed by atoms with van der Waals surface area (Å²) in [5.41, 5.74) is 4.00. The summed E-state index contributed by atoms with van der Waals surface area (Å²) in [5.74, 6) is -6.79. The molecule has 1 aliphatic heterocycles. The van der Waals surface area contributed by atoms with Gasteiger partial charge in [0.05, 0.1) is 34.3 Å². The molecule has 1 aromatic heterocycles.